The van der Waals surface area contributed by atoms with Gasteiger partial charge in [0.2, 0.25) is 0 Å². The first-order valence-electron chi connectivity index (χ1n) is 3.90. The van der Waals surface area contributed by atoms with Gasteiger partial charge in [-0.3, -0.25) is 4.79 Å². The number of hydrogen-bond donors (Lipinski definition) is 1. The minimum absolute atomic E-state index is 0.0504. The Hall–Kier alpha value is -0.970. The van der Waals surface area contributed by atoms with Crippen LogP contribution in [0, 0.1) is 5.92 Å². The van der Waals surface area contributed by atoms with Crippen molar-refractivity contribution in [3.8, 4) is 0 Å². The van der Waals surface area contributed by atoms with E-state index in [1.807, 2.05) is 13.8 Å². The molecular formula is C8H11NO3S. The zero-order chi connectivity index (χ0) is 9.84. The molecule has 0 bridgehead atoms. The number of carbonyl (C=O) groups is 1. The van der Waals surface area contributed by atoms with Gasteiger partial charge in [-0.2, -0.15) is 0 Å². The molecule has 5 heteroatoms. The van der Waals surface area contributed by atoms with E-state index in [9.17, 15) is 4.79 Å². The van der Waals surface area contributed by atoms with Crippen LogP contribution in [0.1, 0.15) is 13.8 Å². The molecule has 0 spiro atoms. The second-order valence-corrected chi connectivity index (χ2v) is 4.01. The molecule has 0 saturated heterocycles. The van der Waals surface area contributed by atoms with Crippen LogP contribution < -0.4 is 0 Å². The molecule has 1 heterocycles. The summed E-state index contributed by atoms with van der Waals surface area (Å²) in [5, 5.41) is 8.75. The third-order valence-electron chi connectivity index (χ3n) is 1.49. The second kappa shape index (κ2) is 4.32. The zero-order valence-corrected chi connectivity index (χ0v) is 8.25. The molecule has 0 aliphatic rings. The van der Waals surface area contributed by atoms with Gasteiger partial charge in [-0.1, -0.05) is 25.6 Å². The van der Waals surface area contributed by atoms with E-state index in [0.29, 0.717) is 5.22 Å². The van der Waals surface area contributed by atoms with Crippen LogP contribution >= 0.6 is 11.8 Å². The summed E-state index contributed by atoms with van der Waals surface area (Å²) in [5.41, 5.74) is 0. The number of rotatable bonds is 4. The molecule has 0 aliphatic carbocycles. The van der Waals surface area contributed by atoms with Crippen molar-refractivity contribution in [3.05, 3.63) is 12.5 Å². The fourth-order valence-corrected chi connectivity index (χ4v) is 1.67. The molecule has 1 N–H and O–H groups in total. The summed E-state index contributed by atoms with van der Waals surface area (Å²) < 4.78 is 4.95. The van der Waals surface area contributed by atoms with Crippen LogP contribution in [0.25, 0.3) is 0 Å². The number of hydrogen-bond acceptors (Lipinski definition) is 4. The molecule has 0 saturated carbocycles. The molecule has 0 aromatic carbocycles. The molecule has 72 valence electrons. The van der Waals surface area contributed by atoms with E-state index >= 15 is 0 Å². The maximum Gasteiger partial charge on any atom is 0.317 e. The maximum absolute atomic E-state index is 10.8. The van der Waals surface area contributed by atoms with E-state index in [2.05, 4.69) is 4.98 Å². The third kappa shape index (κ3) is 2.77. The molecule has 0 amide bonds. The fourth-order valence-electron chi connectivity index (χ4n) is 0.849. The van der Waals surface area contributed by atoms with Crippen molar-refractivity contribution < 1.29 is 14.3 Å². The van der Waals surface area contributed by atoms with Crippen molar-refractivity contribution in [2.45, 2.75) is 24.3 Å². The summed E-state index contributed by atoms with van der Waals surface area (Å²) in [5.74, 6) is -0.785. The molecule has 4 nitrogen and oxygen atoms in total. The Kier molecular flexibility index (Phi) is 3.36. The Morgan fingerprint density at radius 2 is 2.38 bits per heavy atom. The van der Waals surface area contributed by atoms with E-state index in [-0.39, 0.29) is 5.92 Å². The van der Waals surface area contributed by atoms with Crippen LogP contribution in [0.15, 0.2) is 22.1 Å². The van der Waals surface area contributed by atoms with Gasteiger partial charge in [-0.15, -0.1) is 0 Å². The number of carboxylic acids is 1. The molecule has 1 atom stereocenters. The van der Waals surface area contributed by atoms with Gasteiger partial charge in [-0.25, -0.2) is 4.98 Å². The average Bonchev–Trinajstić information content (AvgIpc) is 2.50. The van der Waals surface area contributed by atoms with Crippen molar-refractivity contribution in [2.75, 3.05) is 0 Å². The molecular weight excluding hydrogens is 190 g/mol. The summed E-state index contributed by atoms with van der Waals surface area (Å²) in [4.78, 5) is 14.6. The van der Waals surface area contributed by atoms with Gasteiger partial charge < -0.3 is 9.52 Å². The van der Waals surface area contributed by atoms with Gasteiger partial charge in [0.25, 0.3) is 5.22 Å². The number of aliphatic carboxylic acids is 1. The predicted octanol–water partition coefficient (Wildman–Crippen LogP) is 1.88. The van der Waals surface area contributed by atoms with Crippen molar-refractivity contribution in [2.24, 2.45) is 5.92 Å². The Labute approximate surface area is 80.3 Å². The van der Waals surface area contributed by atoms with Crippen LogP contribution in [-0.2, 0) is 4.79 Å². The first-order chi connectivity index (χ1) is 6.11. The quantitative estimate of drug-likeness (QED) is 0.753. The van der Waals surface area contributed by atoms with E-state index < -0.39 is 11.2 Å². The van der Waals surface area contributed by atoms with Gasteiger partial charge in [0.05, 0.1) is 6.20 Å². The predicted molar refractivity (Wildman–Crippen MR) is 48.6 cm³/mol. The van der Waals surface area contributed by atoms with Crippen molar-refractivity contribution in [1.29, 1.82) is 0 Å². The highest BCUT2D eigenvalue weighted by atomic mass is 32.2. The van der Waals surface area contributed by atoms with Gasteiger partial charge in [-0.05, 0) is 5.92 Å². The van der Waals surface area contributed by atoms with Crippen molar-refractivity contribution >= 4 is 17.7 Å². The highest BCUT2D eigenvalue weighted by Gasteiger charge is 2.24. The lowest BCUT2D eigenvalue weighted by atomic mass is 10.1. The standard InChI is InChI=1S/C8H11NO3S/c1-5(2)6(7(10)11)13-8-9-3-4-12-8/h3-6H,1-2H3,(H,10,11). The Morgan fingerprint density at radius 3 is 2.77 bits per heavy atom. The largest absolute Gasteiger partial charge is 0.480 e. The lowest BCUT2D eigenvalue weighted by Crippen LogP contribution is -2.22. The van der Waals surface area contributed by atoms with Crippen LogP contribution in [0.3, 0.4) is 0 Å². The van der Waals surface area contributed by atoms with Crippen molar-refractivity contribution in [3.63, 3.8) is 0 Å². The molecule has 1 aromatic heterocycles. The number of nitrogens with zero attached hydrogens (tertiary/aromatic N) is 1. The molecule has 1 rings (SSSR count). The number of thioether (sulfide) groups is 1. The summed E-state index contributed by atoms with van der Waals surface area (Å²) in [6, 6.07) is 0. The minimum Gasteiger partial charge on any atom is -0.480 e. The van der Waals surface area contributed by atoms with E-state index in [1.165, 1.54) is 12.5 Å². The van der Waals surface area contributed by atoms with Crippen LogP contribution in [0.4, 0.5) is 0 Å². The highest BCUT2D eigenvalue weighted by molar-refractivity contribution is 8.00. The summed E-state index contributed by atoms with van der Waals surface area (Å²) >= 11 is 1.13. The summed E-state index contributed by atoms with van der Waals surface area (Å²) in [7, 11) is 0. The topological polar surface area (TPSA) is 63.3 Å². The average molecular weight is 201 g/mol. The SMILES string of the molecule is CC(C)C(Sc1ncco1)C(=O)O. The normalized spacial score (nSPS) is 13.2. The van der Waals surface area contributed by atoms with E-state index in [4.69, 9.17) is 9.52 Å². The smallest absolute Gasteiger partial charge is 0.317 e. The molecule has 1 unspecified atom stereocenters. The van der Waals surface area contributed by atoms with Crippen molar-refractivity contribution in [1.82, 2.24) is 4.98 Å². The maximum atomic E-state index is 10.8. The number of carboxylic acid groups (broad SMARTS) is 1. The first-order valence-corrected chi connectivity index (χ1v) is 4.78. The lowest BCUT2D eigenvalue weighted by molar-refractivity contribution is -0.137. The van der Waals surface area contributed by atoms with E-state index in [0.717, 1.165) is 11.8 Å². The minimum atomic E-state index is -0.835. The van der Waals surface area contributed by atoms with Gasteiger partial charge in [0.15, 0.2) is 0 Å². The fraction of sp³-hybridized carbons (Fsp3) is 0.500. The third-order valence-corrected chi connectivity index (χ3v) is 2.89. The molecule has 13 heavy (non-hydrogen) atoms. The molecule has 1 aromatic rings. The van der Waals surface area contributed by atoms with Crippen LogP contribution in [0.5, 0.6) is 0 Å². The number of oxazole rings is 1. The monoisotopic (exact) mass is 201 g/mol. The zero-order valence-electron chi connectivity index (χ0n) is 7.43. The molecule has 0 radical (unpaired) electrons. The van der Waals surface area contributed by atoms with Crippen LogP contribution in [0.2, 0.25) is 0 Å². The Balaban J connectivity index is 2.63. The Bertz CT molecular complexity index is 271. The Morgan fingerprint density at radius 1 is 1.69 bits per heavy atom. The summed E-state index contributed by atoms with van der Waals surface area (Å²) in [6.45, 7) is 3.71. The first kappa shape index (κ1) is 10.1. The summed E-state index contributed by atoms with van der Waals surface area (Å²) in [6.07, 6.45) is 2.93. The molecule has 0 fully saturated rings. The highest BCUT2D eigenvalue weighted by Crippen LogP contribution is 2.26. The van der Waals surface area contributed by atoms with Gasteiger partial charge >= 0.3 is 5.97 Å². The van der Waals surface area contributed by atoms with Gasteiger partial charge in [0, 0.05) is 0 Å². The van der Waals surface area contributed by atoms with Gasteiger partial charge in [0.1, 0.15) is 11.5 Å². The second-order valence-electron chi connectivity index (χ2n) is 2.92. The lowest BCUT2D eigenvalue weighted by Gasteiger charge is -2.12. The van der Waals surface area contributed by atoms with E-state index in [1.54, 1.807) is 0 Å². The van der Waals surface area contributed by atoms with Crippen LogP contribution in [-0.4, -0.2) is 21.3 Å². The number of aromatic nitrogens is 1. The molecule has 0 aliphatic heterocycles.